The average Bonchev–Trinajstić information content (AvgIpc) is 2.75. The van der Waals surface area contributed by atoms with E-state index in [1.165, 1.54) is 38.5 Å². The van der Waals surface area contributed by atoms with Crippen LogP contribution in [-0.4, -0.2) is 48.9 Å². The molecule has 0 aromatic carbocycles. The number of carbonyl (C=O) groups excluding carboxylic acids is 2. The first-order valence-electron chi connectivity index (χ1n) is 8.53. The maximum absolute atomic E-state index is 11.8. The first-order chi connectivity index (χ1) is 10.3. The summed E-state index contributed by atoms with van der Waals surface area (Å²) in [5.41, 5.74) is 0. The molecule has 0 bridgehead atoms. The van der Waals surface area contributed by atoms with E-state index in [1.54, 1.807) is 4.90 Å². The van der Waals surface area contributed by atoms with Crippen LogP contribution in [0.5, 0.6) is 0 Å². The van der Waals surface area contributed by atoms with Crippen molar-refractivity contribution < 1.29 is 9.59 Å². The van der Waals surface area contributed by atoms with Gasteiger partial charge in [-0.3, -0.25) is 9.59 Å². The minimum Gasteiger partial charge on any atom is -0.353 e. The van der Waals surface area contributed by atoms with Gasteiger partial charge in [0.05, 0.1) is 6.54 Å². The third-order valence-corrected chi connectivity index (χ3v) is 4.49. The normalized spacial score (nSPS) is 21.1. The largest absolute Gasteiger partial charge is 0.353 e. The van der Waals surface area contributed by atoms with Crippen LogP contribution >= 0.6 is 0 Å². The molecular formula is C16H29N3O2. The molecule has 1 saturated carbocycles. The van der Waals surface area contributed by atoms with Gasteiger partial charge in [0.1, 0.15) is 0 Å². The van der Waals surface area contributed by atoms with E-state index < -0.39 is 0 Å². The van der Waals surface area contributed by atoms with Crippen molar-refractivity contribution >= 4 is 11.8 Å². The average molecular weight is 295 g/mol. The molecule has 0 unspecified atom stereocenters. The highest BCUT2D eigenvalue weighted by Crippen LogP contribution is 2.16. The fraction of sp³-hybridized carbons (Fsp3) is 0.875. The Morgan fingerprint density at radius 3 is 2.52 bits per heavy atom. The smallest absolute Gasteiger partial charge is 0.239 e. The zero-order valence-electron chi connectivity index (χ0n) is 13.0. The van der Waals surface area contributed by atoms with E-state index in [0.717, 1.165) is 25.9 Å². The lowest BCUT2D eigenvalue weighted by atomic mass is 10.1. The molecule has 0 spiro atoms. The van der Waals surface area contributed by atoms with Crippen LogP contribution in [0.3, 0.4) is 0 Å². The molecule has 0 aromatic rings. The zero-order valence-corrected chi connectivity index (χ0v) is 13.0. The Morgan fingerprint density at radius 2 is 1.81 bits per heavy atom. The summed E-state index contributed by atoms with van der Waals surface area (Å²) >= 11 is 0. The standard InChI is InChI=1S/C16H29N3O2/c20-15(13-19-12-6-5-9-16(19)21)18-11-10-17-14-7-3-1-2-4-8-14/h14,17H,1-13H2,(H,18,20). The van der Waals surface area contributed by atoms with Gasteiger partial charge in [-0.15, -0.1) is 0 Å². The molecule has 1 aliphatic carbocycles. The van der Waals surface area contributed by atoms with Crippen LogP contribution in [0.15, 0.2) is 0 Å². The van der Waals surface area contributed by atoms with Gasteiger partial charge in [-0.25, -0.2) is 0 Å². The van der Waals surface area contributed by atoms with Crippen molar-refractivity contribution in [2.45, 2.75) is 63.8 Å². The molecule has 1 heterocycles. The zero-order chi connectivity index (χ0) is 14.9. The third-order valence-electron chi connectivity index (χ3n) is 4.49. The van der Waals surface area contributed by atoms with E-state index in [4.69, 9.17) is 0 Å². The number of piperidine rings is 1. The van der Waals surface area contributed by atoms with Crippen molar-refractivity contribution in [2.75, 3.05) is 26.2 Å². The second-order valence-electron chi connectivity index (χ2n) is 6.26. The van der Waals surface area contributed by atoms with Crippen molar-refractivity contribution in [1.29, 1.82) is 0 Å². The van der Waals surface area contributed by atoms with Crippen LogP contribution in [0, 0.1) is 0 Å². The topological polar surface area (TPSA) is 61.4 Å². The Bertz CT molecular complexity index is 338. The quantitative estimate of drug-likeness (QED) is 0.575. The van der Waals surface area contributed by atoms with Gasteiger partial charge in [0.25, 0.3) is 0 Å². The summed E-state index contributed by atoms with van der Waals surface area (Å²) in [5.74, 6) is 0.0842. The van der Waals surface area contributed by atoms with Gasteiger partial charge >= 0.3 is 0 Å². The van der Waals surface area contributed by atoms with Crippen LogP contribution in [-0.2, 0) is 9.59 Å². The van der Waals surface area contributed by atoms with Crippen LogP contribution in [0.25, 0.3) is 0 Å². The van der Waals surface area contributed by atoms with Crippen molar-refractivity contribution in [3.05, 3.63) is 0 Å². The number of nitrogens with one attached hydrogen (secondary N) is 2. The molecule has 2 amide bonds. The number of nitrogens with zero attached hydrogens (tertiary/aromatic N) is 1. The highest BCUT2D eigenvalue weighted by atomic mass is 16.2. The Kier molecular flexibility index (Phi) is 7.00. The monoisotopic (exact) mass is 295 g/mol. The molecule has 2 aliphatic rings. The van der Waals surface area contributed by atoms with E-state index in [-0.39, 0.29) is 18.4 Å². The molecule has 21 heavy (non-hydrogen) atoms. The molecule has 1 aliphatic heterocycles. The predicted molar refractivity (Wildman–Crippen MR) is 82.9 cm³/mol. The van der Waals surface area contributed by atoms with Crippen LogP contribution < -0.4 is 10.6 Å². The molecule has 5 nitrogen and oxygen atoms in total. The number of likely N-dealkylation sites (tertiary alicyclic amines) is 1. The van der Waals surface area contributed by atoms with E-state index in [1.807, 2.05) is 0 Å². The molecule has 0 aromatic heterocycles. The number of carbonyl (C=O) groups is 2. The molecule has 120 valence electrons. The molecular weight excluding hydrogens is 266 g/mol. The van der Waals surface area contributed by atoms with E-state index in [9.17, 15) is 9.59 Å². The Labute approximate surface area is 127 Å². The van der Waals surface area contributed by atoms with Gasteiger partial charge in [-0.1, -0.05) is 25.7 Å². The fourth-order valence-corrected chi connectivity index (χ4v) is 3.22. The number of hydrogen-bond donors (Lipinski definition) is 2. The van der Waals surface area contributed by atoms with E-state index in [0.29, 0.717) is 19.0 Å². The summed E-state index contributed by atoms with van der Waals surface area (Å²) in [6.07, 6.45) is 10.5. The molecule has 2 fully saturated rings. The molecule has 2 N–H and O–H groups in total. The minimum atomic E-state index is -0.0343. The maximum Gasteiger partial charge on any atom is 0.239 e. The summed E-state index contributed by atoms with van der Waals surface area (Å²) in [5, 5.41) is 6.44. The number of amides is 2. The second kappa shape index (κ2) is 9.03. The lowest BCUT2D eigenvalue weighted by Crippen LogP contribution is -2.44. The molecule has 0 radical (unpaired) electrons. The van der Waals surface area contributed by atoms with E-state index >= 15 is 0 Å². The summed E-state index contributed by atoms with van der Waals surface area (Å²) < 4.78 is 0. The molecule has 5 heteroatoms. The van der Waals surface area contributed by atoms with Crippen molar-refractivity contribution in [3.8, 4) is 0 Å². The predicted octanol–water partition coefficient (Wildman–Crippen LogP) is 1.43. The van der Waals surface area contributed by atoms with Crippen molar-refractivity contribution in [3.63, 3.8) is 0 Å². The summed E-state index contributed by atoms with van der Waals surface area (Å²) in [4.78, 5) is 25.1. The molecule has 0 atom stereocenters. The van der Waals surface area contributed by atoms with Crippen LogP contribution in [0.1, 0.15) is 57.8 Å². The Hall–Kier alpha value is -1.10. The minimum absolute atomic E-state index is 0.0343. The van der Waals surface area contributed by atoms with Crippen molar-refractivity contribution in [1.82, 2.24) is 15.5 Å². The first-order valence-corrected chi connectivity index (χ1v) is 8.53. The Balaban J connectivity index is 1.55. The lowest BCUT2D eigenvalue weighted by Gasteiger charge is -2.26. The maximum atomic E-state index is 11.8. The Morgan fingerprint density at radius 1 is 1.05 bits per heavy atom. The highest BCUT2D eigenvalue weighted by Gasteiger charge is 2.20. The molecule has 1 saturated heterocycles. The van der Waals surface area contributed by atoms with Gasteiger partial charge in [0.2, 0.25) is 11.8 Å². The second-order valence-corrected chi connectivity index (χ2v) is 6.26. The SMILES string of the molecule is O=C(CN1CCCCC1=O)NCCNC1CCCCCC1. The summed E-state index contributed by atoms with van der Waals surface area (Å²) in [7, 11) is 0. The van der Waals surface area contributed by atoms with Gasteiger partial charge < -0.3 is 15.5 Å². The summed E-state index contributed by atoms with van der Waals surface area (Å²) in [6, 6.07) is 0.619. The molecule has 2 rings (SSSR count). The van der Waals surface area contributed by atoms with Crippen LogP contribution in [0.2, 0.25) is 0 Å². The van der Waals surface area contributed by atoms with E-state index in [2.05, 4.69) is 10.6 Å². The van der Waals surface area contributed by atoms with Gasteiger partial charge in [0.15, 0.2) is 0 Å². The van der Waals surface area contributed by atoms with Gasteiger partial charge in [-0.2, -0.15) is 0 Å². The summed E-state index contributed by atoms with van der Waals surface area (Å²) in [6.45, 7) is 2.43. The first kappa shape index (κ1) is 16.3. The highest BCUT2D eigenvalue weighted by molar-refractivity contribution is 5.85. The lowest BCUT2D eigenvalue weighted by molar-refractivity contribution is -0.137. The third kappa shape index (κ3) is 6.04. The number of hydrogen-bond acceptors (Lipinski definition) is 3. The van der Waals surface area contributed by atoms with Crippen molar-refractivity contribution in [2.24, 2.45) is 0 Å². The fourth-order valence-electron chi connectivity index (χ4n) is 3.22. The van der Waals surface area contributed by atoms with Gasteiger partial charge in [0, 0.05) is 32.1 Å². The van der Waals surface area contributed by atoms with Gasteiger partial charge in [-0.05, 0) is 25.7 Å². The number of rotatable bonds is 6. The van der Waals surface area contributed by atoms with Crippen LogP contribution in [0.4, 0.5) is 0 Å².